The van der Waals surface area contributed by atoms with Gasteiger partial charge in [-0.1, -0.05) is 11.3 Å². The minimum Gasteiger partial charge on any atom is -0.466 e. The Bertz CT molecular complexity index is 527. The summed E-state index contributed by atoms with van der Waals surface area (Å²) in [4.78, 5) is 38.5. The van der Waals surface area contributed by atoms with Gasteiger partial charge in [-0.25, -0.2) is 9.78 Å². The van der Waals surface area contributed by atoms with Crippen LogP contribution in [0.4, 0.5) is 5.13 Å². The summed E-state index contributed by atoms with van der Waals surface area (Å²) in [6, 6.07) is 0. The van der Waals surface area contributed by atoms with E-state index in [1.807, 2.05) is 0 Å². The average Bonchev–Trinajstić information content (AvgIpc) is 2.87. The van der Waals surface area contributed by atoms with Crippen molar-refractivity contribution in [1.29, 1.82) is 0 Å². The first-order chi connectivity index (χ1) is 9.99. The zero-order valence-electron chi connectivity index (χ0n) is 12.2. The molecule has 0 atom stereocenters. The van der Waals surface area contributed by atoms with Crippen LogP contribution in [-0.4, -0.2) is 43.0 Å². The zero-order valence-corrected chi connectivity index (χ0v) is 13.0. The summed E-state index contributed by atoms with van der Waals surface area (Å²) in [5.41, 5.74) is 0.0166. The predicted octanol–water partition coefficient (Wildman–Crippen LogP) is 1.89. The number of hydrogen-bond acceptors (Lipinski definition) is 8. The van der Waals surface area contributed by atoms with Gasteiger partial charge >= 0.3 is 11.9 Å². The lowest BCUT2D eigenvalue weighted by molar-refractivity contribution is -0.143. The molecule has 0 aromatic carbocycles. The van der Waals surface area contributed by atoms with Crippen molar-refractivity contribution in [3.05, 3.63) is 10.6 Å². The van der Waals surface area contributed by atoms with Crippen molar-refractivity contribution in [2.24, 2.45) is 0 Å². The third-order valence-corrected chi connectivity index (χ3v) is 3.58. The van der Waals surface area contributed by atoms with Crippen molar-refractivity contribution in [3.8, 4) is 0 Å². The Labute approximate surface area is 126 Å². The van der Waals surface area contributed by atoms with Crippen LogP contribution in [0.2, 0.25) is 0 Å². The topological polar surface area (TPSA) is 94.6 Å². The standard InChI is InChI=1S/C13H18N2O5S/c1-4-20-9(17)6-5-7-14-13-15-10(12(18)19-3)11(21-13)8(2)16/h4-7H2,1-3H3,(H,14,15). The molecule has 0 aliphatic carbocycles. The lowest BCUT2D eigenvalue weighted by atomic mass is 10.3. The number of carbonyl (C=O) groups is 3. The number of methoxy groups -OCH3 is 1. The highest BCUT2D eigenvalue weighted by atomic mass is 32.1. The number of carbonyl (C=O) groups excluding carboxylic acids is 3. The Balaban J connectivity index is 2.58. The van der Waals surface area contributed by atoms with Crippen molar-refractivity contribution >= 4 is 34.2 Å². The number of nitrogens with zero attached hydrogens (tertiary/aromatic N) is 1. The lowest BCUT2D eigenvalue weighted by Gasteiger charge is -2.02. The molecule has 0 aliphatic rings. The minimum absolute atomic E-state index is 0.0166. The third kappa shape index (κ3) is 5.14. The normalized spacial score (nSPS) is 10.0. The fourth-order valence-corrected chi connectivity index (χ4v) is 2.40. The maximum absolute atomic E-state index is 11.5. The lowest BCUT2D eigenvalue weighted by Crippen LogP contribution is -2.09. The fraction of sp³-hybridized carbons (Fsp3) is 0.538. The van der Waals surface area contributed by atoms with Gasteiger partial charge in [0, 0.05) is 19.9 Å². The smallest absolute Gasteiger partial charge is 0.358 e. The Morgan fingerprint density at radius 1 is 1.33 bits per heavy atom. The van der Waals surface area contributed by atoms with Gasteiger partial charge in [-0.15, -0.1) is 0 Å². The van der Waals surface area contributed by atoms with Crippen LogP contribution >= 0.6 is 11.3 Å². The first-order valence-electron chi connectivity index (χ1n) is 6.49. The maximum atomic E-state index is 11.5. The molecule has 0 fully saturated rings. The number of thiazole rings is 1. The first kappa shape index (κ1) is 17.1. The molecule has 1 heterocycles. The second kappa shape index (κ2) is 8.35. The highest BCUT2D eigenvalue weighted by Gasteiger charge is 2.21. The summed E-state index contributed by atoms with van der Waals surface area (Å²) < 4.78 is 9.40. The highest BCUT2D eigenvalue weighted by molar-refractivity contribution is 7.17. The van der Waals surface area contributed by atoms with E-state index in [0.717, 1.165) is 11.3 Å². The Morgan fingerprint density at radius 3 is 2.62 bits per heavy atom. The number of Topliss-reactive ketones (excluding diaryl/α,β-unsaturated/α-hetero) is 1. The number of esters is 2. The van der Waals surface area contributed by atoms with E-state index in [9.17, 15) is 14.4 Å². The van der Waals surface area contributed by atoms with Crippen LogP contribution in [0.5, 0.6) is 0 Å². The third-order valence-electron chi connectivity index (χ3n) is 2.46. The van der Waals surface area contributed by atoms with Crippen LogP contribution in [-0.2, 0) is 14.3 Å². The van der Waals surface area contributed by atoms with Gasteiger partial charge in [-0.2, -0.15) is 0 Å². The second-order valence-electron chi connectivity index (χ2n) is 4.08. The molecule has 0 saturated carbocycles. The van der Waals surface area contributed by atoms with Gasteiger partial charge in [0.25, 0.3) is 0 Å². The van der Waals surface area contributed by atoms with Crippen LogP contribution in [0, 0.1) is 0 Å². The number of aromatic nitrogens is 1. The van der Waals surface area contributed by atoms with E-state index in [4.69, 9.17) is 4.74 Å². The van der Waals surface area contributed by atoms with Gasteiger partial charge in [-0.3, -0.25) is 9.59 Å². The molecule has 0 bridgehead atoms. The molecular formula is C13H18N2O5S. The number of ether oxygens (including phenoxy) is 2. The van der Waals surface area contributed by atoms with Gasteiger partial charge in [-0.05, 0) is 13.3 Å². The number of nitrogens with one attached hydrogen (secondary N) is 1. The molecule has 7 nitrogen and oxygen atoms in total. The molecule has 1 rings (SSSR count). The zero-order chi connectivity index (χ0) is 15.8. The monoisotopic (exact) mass is 314 g/mol. The molecule has 1 N–H and O–H groups in total. The van der Waals surface area contributed by atoms with Crippen molar-refractivity contribution in [3.63, 3.8) is 0 Å². The fourth-order valence-electron chi connectivity index (χ4n) is 1.53. The summed E-state index contributed by atoms with van der Waals surface area (Å²) in [6.07, 6.45) is 0.872. The number of anilines is 1. The molecular weight excluding hydrogens is 296 g/mol. The molecule has 0 spiro atoms. The molecule has 0 unspecified atom stereocenters. The van der Waals surface area contributed by atoms with Gasteiger partial charge in [0.15, 0.2) is 16.6 Å². The van der Waals surface area contributed by atoms with Crippen LogP contribution in [0.25, 0.3) is 0 Å². The Hall–Kier alpha value is -1.96. The molecule has 0 radical (unpaired) electrons. The molecule has 0 aliphatic heterocycles. The van der Waals surface area contributed by atoms with E-state index in [1.54, 1.807) is 6.92 Å². The maximum Gasteiger partial charge on any atom is 0.358 e. The van der Waals surface area contributed by atoms with Gasteiger partial charge in [0.2, 0.25) is 0 Å². The van der Waals surface area contributed by atoms with E-state index in [-0.39, 0.29) is 22.3 Å². The average molecular weight is 314 g/mol. The van der Waals surface area contributed by atoms with Crippen molar-refractivity contribution in [2.45, 2.75) is 26.7 Å². The van der Waals surface area contributed by atoms with Crippen molar-refractivity contribution in [2.75, 3.05) is 25.6 Å². The summed E-state index contributed by atoms with van der Waals surface area (Å²) in [5, 5.41) is 3.42. The molecule has 1 aromatic heterocycles. The van der Waals surface area contributed by atoms with E-state index in [1.165, 1.54) is 14.0 Å². The minimum atomic E-state index is -0.643. The van der Waals surface area contributed by atoms with Crippen molar-refractivity contribution < 1.29 is 23.9 Å². The van der Waals surface area contributed by atoms with Crippen LogP contribution in [0.1, 0.15) is 46.8 Å². The largest absolute Gasteiger partial charge is 0.466 e. The van der Waals surface area contributed by atoms with E-state index < -0.39 is 5.97 Å². The van der Waals surface area contributed by atoms with Crippen LogP contribution in [0.3, 0.4) is 0 Å². The van der Waals surface area contributed by atoms with Crippen LogP contribution in [0.15, 0.2) is 0 Å². The summed E-state index contributed by atoms with van der Waals surface area (Å²) in [6.45, 7) is 3.97. The van der Waals surface area contributed by atoms with E-state index in [2.05, 4.69) is 15.0 Å². The summed E-state index contributed by atoms with van der Waals surface area (Å²) >= 11 is 1.09. The molecule has 0 amide bonds. The van der Waals surface area contributed by atoms with Gasteiger partial charge in [0.1, 0.15) is 4.88 Å². The number of rotatable bonds is 8. The molecule has 1 aromatic rings. The Kier molecular flexibility index (Phi) is 6.80. The van der Waals surface area contributed by atoms with Gasteiger partial charge in [0.05, 0.1) is 13.7 Å². The highest BCUT2D eigenvalue weighted by Crippen LogP contribution is 2.24. The number of ketones is 1. The summed E-state index contributed by atoms with van der Waals surface area (Å²) in [5.74, 6) is -1.14. The first-order valence-corrected chi connectivity index (χ1v) is 7.30. The molecule has 8 heteroatoms. The summed E-state index contributed by atoms with van der Waals surface area (Å²) in [7, 11) is 1.23. The SMILES string of the molecule is CCOC(=O)CCCNc1nc(C(=O)OC)c(C(C)=O)s1. The van der Waals surface area contributed by atoms with Gasteiger partial charge < -0.3 is 14.8 Å². The Morgan fingerprint density at radius 2 is 2.05 bits per heavy atom. The van der Waals surface area contributed by atoms with Crippen LogP contribution < -0.4 is 5.32 Å². The quantitative estimate of drug-likeness (QED) is 0.445. The van der Waals surface area contributed by atoms with E-state index >= 15 is 0 Å². The predicted molar refractivity (Wildman–Crippen MR) is 77.8 cm³/mol. The molecule has 21 heavy (non-hydrogen) atoms. The van der Waals surface area contributed by atoms with Crippen molar-refractivity contribution in [1.82, 2.24) is 4.98 Å². The van der Waals surface area contributed by atoms with E-state index in [0.29, 0.717) is 31.1 Å². The molecule has 116 valence electrons. The number of hydrogen-bond donors (Lipinski definition) is 1. The second-order valence-corrected chi connectivity index (χ2v) is 5.08. The molecule has 0 saturated heterocycles.